The summed E-state index contributed by atoms with van der Waals surface area (Å²) in [6.07, 6.45) is 0. The Bertz CT molecular complexity index is 1200. The van der Waals surface area contributed by atoms with Crippen molar-refractivity contribution in [1.82, 2.24) is 19.8 Å². The van der Waals surface area contributed by atoms with Gasteiger partial charge in [0.25, 0.3) is 5.56 Å². The molecule has 154 valence electrons. The second-order valence-electron chi connectivity index (χ2n) is 7.27. The molecule has 1 aliphatic rings. The summed E-state index contributed by atoms with van der Waals surface area (Å²) < 4.78 is 0. The van der Waals surface area contributed by atoms with Crippen LogP contribution in [0.4, 0.5) is 0 Å². The number of aromatic nitrogens is 2. The van der Waals surface area contributed by atoms with Gasteiger partial charge in [-0.2, -0.15) is 5.26 Å². The molecule has 0 radical (unpaired) electrons. The smallest absolute Gasteiger partial charge is 0.266 e. The quantitative estimate of drug-likeness (QED) is 0.601. The van der Waals surface area contributed by atoms with E-state index in [0.717, 1.165) is 31.7 Å². The monoisotopic (exact) mass is 443 g/mol. The number of nitrogens with one attached hydrogen (secondary N) is 1. The number of benzene rings is 1. The molecule has 1 aromatic carbocycles. The summed E-state index contributed by atoms with van der Waals surface area (Å²) in [5.41, 5.74) is 2.20. The van der Waals surface area contributed by atoms with Crippen LogP contribution in [0.3, 0.4) is 0 Å². The maximum Gasteiger partial charge on any atom is 0.266 e. The fourth-order valence-corrected chi connectivity index (χ4v) is 4.03. The average Bonchev–Trinajstić information content (AvgIpc) is 2.72. The number of H-pyrrole nitrogens is 1. The molecule has 1 saturated heterocycles. The van der Waals surface area contributed by atoms with Crippen molar-refractivity contribution < 1.29 is 5.11 Å². The van der Waals surface area contributed by atoms with Crippen LogP contribution < -0.4 is 5.56 Å². The van der Waals surface area contributed by atoms with Crippen LogP contribution in [0, 0.1) is 11.3 Å². The number of nitriles is 1. The van der Waals surface area contributed by atoms with Crippen molar-refractivity contribution in [3.63, 3.8) is 0 Å². The fraction of sp³-hybridized carbons (Fsp3) is 0.286. The zero-order valence-electron chi connectivity index (χ0n) is 16.0. The molecule has 30 heavy (non-hydrogen) atoms. The topological polar surface area (TPSA) is 96.2 Å². The third-order valence-corrected chi connectivity index (χ3v) is 5.77. The Balaban J connectivity index is 1.50. The number of fused-ring (bicyclic) bond motifs is 1. The van der Waals surface area contributed by atoms with Crippen molar-refractivity contribution in [2.24, 2.45) is 0 Å². The predicted octanol–water partition coefficient (Wildman–Crippen LogP) is 3.12. The Morgan fingerprint density at radius 1 is 1.10 bits per heavy atom. The van der Waals surface area contributed by atoms with Crippen molar-refractivity contribution >= 4 is 34.2 Å². The molecule has 1 fully saturated rings. The Hall–Kier alpha value is -2.63. The van der Waals surface area contributed by atoms with Gasteiger partial charge in [-0.3, -0.25) is 14.6 Å². The van der Waals surface area contributed by atoms with E-state index >= 15 is 0 Å². The van der Waals surface area contributed by atoms with Gasteiger partial charge in [-0.05, 0) is 24.3 Å². The first-order chi connectivity index (χ1) is 14.4. The summed E-state index contributed by atoms with van der Waals surface area (Å²) in [4.78, 5) is 23.8. The van der Waals surface area contributed by atoms with Crippen molar-refractivity contribution in [2.45, 2.75) is 13.1 Å². The summed E-state index contributed by atoms with van der Waals surface area (Å²) in [6, 6.07) is 10.5. The summed E-state index contributed by atoms with van der Waals surface area (Å²) in [7, 11) is 0. The third kappa shape index (κ3) is 4.27. The number of nitrogens with zero attached hydrogens (tertiary/aromatic N) is 4. The van der Waals surface area contributed by atoms with Crippen molar-refractivity contribution in [2.75, 3.05) is 26.2 Å². The number of rotatable bonds is 4. The summed E-state index contributed by atoms with van der Waals surface area (Å²) >= 11 is 12.0. The van der Waals surface area contributed by atoms with E-state index < -0.39 is 5.56 Å². The molecule has 4 rings (SSSR count). The minimum atomic E-state index is -0.416. The van der Waals surface area contributed by atoms with Crippen LogP contribution in [0.5, 0.6) is 5.75 Å². The number of pyridine rings is 2. The highest BCUT2D eigenvalue weighted by molar-refractivity contribution is 6.30. The number of aromatic amines is 1. The van der Waals surface area contributed by atoms with Crippen molar-refractivity contribution in [3.8, 4) is 11.8 Å². The lowest BCUT2D eigenvalue weighted by atomic mass is 10.1. The van der Waals surface area contributed by atoms with Gasteiger partial charge in [-0.1, -0.05) is 29.3 Å². The number of phenolic OH excluding ortho intramolecular Hbond substituents is 1. The second-order valence-corrected chi connectivity index (χ2v) is 8.10. The van der Waals surface area contributed by atoms with Crippen LogP contribution in [-0.2, 0) is 13.1 Å². The van der Waals surface area contributed by atoms with E-state index in [1.807, 2.05) is 12.1 Å². The lowest BCUT2D eigenvalue weighted by molar-refractivity contribution is 0.121. The molecule has 0 spiro atoms. The second kappa shape index (κ2) is 8.62. The van der Waals surface area contributed by atoms with Gasteiger partial charge in [0.05, 0.1) is 11.0 Å². The van der Waals surface area contributed by atoms with Gasteiger partial charge in [-0.25, -0.2) is 4.98 Å². The van der Waals surface area contributed by atoms with Gasteiger partial charge in [0.15, 0.2) is 0 Å². The minimum absolute atomic E-state index is 0.0748. The molecule has 2 aromatic heterocycles. The van der Waals surface area contributed by atoms with E-state index in [1.54, 1.807) is 24.3 Å². The van der Waals surface area contributed by atoms with Gasteiger partial charge in [0.1, 0.15) is 22.5 Å². The van der Waals surface area contributed by atoms with E-state index in [9.17, 15) is 15.2 Å². The summed E-state index contributed by atoms with van der Waals surface area (Å²) in [5.74, 6) is 0.196. The molecule has 1 aliphatic heterocycles. The van der Waals surface area contributed by atoms with E-state index in [-0.39, 0.29) is 11.3 Å². The Morgan fingerprint density at radius 2 is 1.80 bits per heavy atom. The Morgan fingerprint density at radius 3 is 2.47 bits per heavy atom. The van der Waals surface area contributed by atoms with Gasteiger partial charge in [0.2, 0.25) is 0 Å². The number of hydrogen-bond acceptors (Lipinski definition) is 6. The molecular formula is C21H19Cl2N5O2. The van der Waals surface area contributed by atoms with E-state index in [4.69, 9.17) is 23.2 Å². The van der Waals surface area contributed by atoms with E-state index in [0.29, 0.717) is 39.9 Å². The molecule has 0 unspecified atom stereocenters. The maximum absolute atomic E-state index is 12.3. The van der Waals surface area contributed by atoms with E-state index in [1.165, 1.54) is 0 Å². The highest BCUT2D eigenvalue weighted by atomic mass is 35.5. The third-order valence-electron chi connectivity index (χ3n) is 5.32. The molecule has 0 bridgehead atoms. The highest BCUT2D eigenvalue weighted by Gasteiger charge is 2.22. The first-order valence-corrected chi connectivity index (χ1v) is 10.2. The molecule has 9 heteroatoms. The van der Waals surface area contributed by atoms with Crippen LogP contribution in [0.15, 0.2) is 35.1 Å². The van der Waals surface area contributed by atoms with Crippen LogP contribution in [-0.4, -0.2) is 51.1 Å². The maximum atomic E-state index is 12.3. The first kappa shape index (κ1) is 20.6. The predicted molar refractivity (Wildman–Crippen MR) is 116 cm³/mol. The van der Waals surface area contributed by atoms with Crippen molar-refractivity contribution in [1.29, 1.82) is 5.26 Å². The SMILES string of the molecule is N#Cc1c(CN2CCN(Cc3ccc(Cl)cc3O)CC2)c2nc(Cl)ccc2[nH]c1=O. The van der Waals surface area contributed by atoms with Crippen LogP contribution in [0.25, 0.3) is 11.0 Å². The van der Waals surface area contributed by atoms with Gasteiger partial charge < -0.3 is 10.1 Å². The number of hydrogen-bond donors (Lipinski definition) is 2. The molecule has 0 saturated carbocycles. The van der Waals surface area contributed by atoms with Gasteiger partial charge >= 0.3 is 0 Å². The number of phenols is 1. The Labute approximate surface area is 183 Å². The lowest BCUT2D eigenvalue weighted by Gasteiger charge is -2.35. The first-order valence-electron chi connectivity index (χ1n) is 9.48. The molecule has 0 amide bonds. The zero-order chi connectivity index (χ0) is 21.3. The van der Waals surface area contributed by atoms with Crippen LogP contribution in [0.1, 0.15) is 16.7 Å². The normalized spacial score (nSPS) is 15.4. The largest absolute Gasteiger partial charge is 0.508 e. The van der Waals surface area contributed by atoms with Gasteiger partial charge in [-0.15, -0.1) is 0 Å². The Kier molecular flexibility index (Phi) is 5.93. The van der Waals surface area contributed by atoms with Crippen molar-refractivity contribution in [3.05, 3.63) is 67.6 Å². The molecule has 2 N–H and O–H groups in total. The molecular weight excluding hydrogens is 425 g/mol. The molecule has 0 aliphatic carbocycles. The molecule has 7 nitrogen and oxygen atoms in total. The molecule has 3 heterocycles. The zero-order valence-corrected chi connectivity index (χ0v) is 17.5. The summed E-state index contributed by atoms with van der Waals surface area (Å²) in [6.45, 7) is 4.17. The lowest BCUT2D eigenvalue weighted by Crippen LogP contribution is -2.45. The molecule has 3 aromatic rings. The van der Waals surface area contributed by atoms with E-state index in [2.05, 4.69) is 19.8 Å². The highest BCUT2D eigenvalue weighted by Crippen LogP contribution is 2.24. The minimum Gasteiger partial charge on any atom is -0.508 e. The standard InChI is InChI=1S/C21H19Cl2N5O2/c22-14-2-1-13(18(29)9-14)11-27-5-7-28(8-6-27)12-16-15(10-24)21(30)25-17-3-4-19(23)26-20(16)17/h1-4,9,29H,5-8,11-12H2,(H,25,30). The number of aromatic hydroxyl groups is 1. The van der Waals surface area contributed by atoms with Gasteiger partial charge in [0, 0.05) is 55.4 Å². The average molecular weight is 444 g/mol. The summed E-state index contributed by atoms with van der Waals surface area (Å²) in [5, 5.41) is 20.4. The van der Waals surface area contributed by atoms with Crippen LogP contribution >= 0.6 is 23.2 Å². The van der Waals surface area contributed by atoms with Crippen LogP contribution in [0.2, 0.25) is 10.2 Å². The molecule has 0 atom stereocenters. The number of halogens is 2. The number of piperazine rings is 1. The fourth-order valence-electron chi connectivity index (χ4n) is 3.72.